The van der Waals surface area contributed by atoms with Gasteiger partial charge in [-0.05, 0) is 87.2 Å². The zero-order valence-corrected chi connectivity index (χ0v) is 28.4. The molecular weight excluding hydrogens is 598 g/mol. The fraction of sp³-hybridized carbons (Fsp3) is 0.528. The molecule has 3 heterocycles. The normalized spacial score (nSPS) is 22.5. The number of amides is 3. The first-order valence-corrected chi connectivity index (χ1v) is 17.0. The van der Waals surface area contributed by atoms with Crippen molar-refractivity contribution >= 4 is 41.4 Å². The highest BCUT2D eigenvalue weighted by Crippen LogP contribution is 2.66. The predicted octanol–water partition coefficient (Wildman–Crippen LogP) is 5.42. The van der Waals surface area contributed by atoms with E-state index in [9.17, 15) is 14.4 Å². The summed E-state index contributed by atoms with van der Waals surface area (Å²) in [6.45, 7) is 4.61. The van der Waals surface area contributed by atoms with Crippen molar-refractivity contribution < 1.29 is 19.1 Å². The third-order valence-electron chi connectivity index (χ3n) is 10.5. The average molecular weight is 646 g/mol. The Morgan fingerprint density at radius 1 is 0.957 bits per heavy atom. The van der Waals surface area contributed by atoms with E-state index in [1.54, 1.807) is 18.3 Å². The maximum atomic E-state index is 14.6. The second kappa shape index (κ2) is 13.0. The predicted molar refractivity (Wildman–Crippen MR) is 184 cm³/mol. The molecule has 3 amide bonds. The summed E-state index contributed by atoms with van der Waals surface area (Å²) in [4.78, 5) is 42.9. The van der Waals surface area contributed by atoms with E-state index in [2.05, 4.69) is 35.6 Å². The topological polar surface area (TPSA) is 101 Å². The first kappa shape index (κ1) is 32.4. The summed E-state index contributed by atoms with van der Waals surface area (Å²) in [5.41, 5.74) is 11.5. The summed E-state index contributed by atoms with van der Waals surface area (Å²) in [5.74, 6) is 1.10. The number of methoxy groups -OCH3 is 1. The number of carbonyl (C=O) groups is 3. The van der Waals surface area contributed by atoms with Gasteiger partial charge in [0.15, 0.2) is 0 Å². The molecule has 0 spiro atoms. The number of carbonyl (C=O) groups excluding carboxylic acids is 3. The highest BCUT2D eigenvalue weighted by atomic mass is 32.1. The molecule has 9 nitrogen and oxygen atoms in total. The lowest BCUT2D eigenvalue weighted by atomic mass is 9.81. The van der Waals surface area contributed by atoms with Crippen LogP contribution in [0.15, 0.2) is 36.4 Å². The molecule has 0 radical (unpaired) electrons. The van der Waals surface area contributed by atoms with Gasteiger partial charge >= 0.3 is 0 Å². The third kappa shape index (κ3) is 5.90. The van der Waals surface area contributed by atoms with Crippen LogP contribution < -0.4 is 10.5 Å². The number of ether oxygens (including phenoxy) is 1. The monoisotopic (exact) mass is 645 g/mol. The molecule has 46 heavy (non-hydrogen) atoms. The van der Waals surface area contributed by atoms with Gasteiger partial charge in [0.05, 0.1) is 18.2 Å². The van der Waals surface area contributed by atoms with Crippen LogP contribution in [-0.2, 0) is 16.1 Å². The summed E-state index contributed by atoms with van der Waals surface area (Å²) < 4.78 is 9.74. The van der Waals surface area contributed by atoms with Crippen molar-refractivity contribution in [2.24, 2.45) is 11.1 Å². The molecule has 2 aliphatic carbocycles. The summed E-state index contributed by atoms with van der Waals surface area (Å²) in [6.07, 6.45) is 7.52. The zero-order chi connectivity index (χ0) is 32.7. The van der Waals surface area contributed by atoms with Gasteiger partial charge in [-0.15, -0.1) is 0 Å². The van der Waals surface area contributed by atoms with Gasteiger partial charge in [0.1, 0.15) is 5.75 Å². The Hall–Kier alpha value is -3.50. The van der Waals surface area contributed by atoms with E-state index in [0.717, 1.165) is 42.3 Å². The summed E-state index contributed by atoms with van der Waals surface area (Å²) in [6, 6.07) is 12.2. The van der Waals surface area contributed by atoms with Gasteiger partial charge in [0.25, 0.3) is 0 Å². The Kier molecular flexibility index (Phi) is 9.13. The zero-order valence-electron chi connectivity index (χ0n) is 27.6. The van der Waals surface area contributed by atoms with Crippen LogP contribution in [0.4, 0.5) is 0 Å². The Balaban J connectivity index is 0.000000879. The van der Waals surface area contributed by atoms with Gasteiger partial charge < -0.3 is 24.8 Å². The van der Waals surface area contributed by atoms with E-state index in [1.165, 1.54) is 41.6 Å². The molecule has 4 aliphatic rings. The summed E-state index contributed by atoms with van der Waals surface area (Å²) >= 11 is 3.80. The van der Waals surface area contributed by atoms with E-state index in [-0.39, 0.29) is 17.7 Å². The van der Waals surface area contributed by atoms with E-state index in [4.69, 9.17) is 10.5 Å². The number of benzene rings is 2. The van der Waals surface area contributed by atoms with Gasteiger partial charge in [0.2, 0.25) is 17.7 Å². The van der Waals surface area contributed by atoms with Crippen molar-refractivity contribution in [3.05, 3.63) is 53.1 Å². The molecule has 0 bridgehead atoms. The molecule has 7 rings (SSSR count). The molecule has 2 unspecified atom stereocenters. The number of nitrogens with zero attached hydrogens (tertiary/aromatic N) is 4. The lowest BCUT2D eigenvalue weighted by molar-refractivity contribution is -0.138. The molecule has 1 saturated heterocycles. The highest BCUT2D eigenvalue weighted by molar-refractivity contribution is 7.77. The SMILES string of the molecule is CN(C)S.COc1ccc2c(c1)C1CC1(C(=O)N1CCCN(C(C)=O)CC1)Cn1c-2c(C2CCCCC2)c2ccc(C(N)=O)cc21. The third-order valence-corrected chi connectivity index (χ3v) is 10.5. The molecule has 246 valence electrons. The lowest BCUT2D eigenvalue weighted by Crippen LogP contribution is -2.42. The van der Waals surface area contributed by atoms with Crippen molar-refractivity contribution in [3.63, 3.8) is 0 Å². The first-order valence-electron chi connectivity index (χ1n) is 16.6. The van der Waals surface area contributed by atoms with Gasteiger partial charge in [-0.2, -0.15) is 0 Å². The number of fused-ring (bicyclic) bond motifs is 7. The quantitative estimate of drug-likeness (QED) is 0.369. The fourth-order valence-electron chi connectivity index (χ4n) is 8.18. The molecule has 1 aromatic heterocycles. The Labute approximate surface area is 277 Å². The minimum atomic E-state index is -0.587. The van der Waals surface area contributed by atoms with Gasteiger partial charge in [-0.1, -0.05) is 38.1 Å². The smallest absolute Gasteiger partial charge is 0.248 e. The van der Waals surface area contributed by atoms with Crippen molar-refractivity contribution in [2.45, 2.75) is 70.3 Å². The second-order valence-corrected chi connectivity index (χ2v) is 14.4. The maximum absolute atomic E-state index is 14.6. The Morgan fingerprint density at radius 2 is 1.65 bits per heavy atom. The molecule has 2 aromatic carbocycles. The number of nitrogens with two attached hydrogens (primary N) is 1. The van der Waals surface area contributed by atoms with Crippen molar-refractivity contribution in [1.82, 2.24) is 18.7 Å². The van der Waals surface area contributed by atoms with Crippen molar-refractivity contribution in [1.29, 1.82) is 0 Å². The Bertz CT molecular complexity index is 1660. The molecule has 2 saturated carbocycles. The molecule has 3 fully saturated rings. The number of hydrogen-bond donors (Lipinski definition) is 2. The minimum absolute atomic E-state index is 0.0613. The molecule has 2 aliphatic heterocycles. The number of aromatic nitrogens is 1. The minimum Gasteiger partial charge on any atom is -0.497 e. The number of hydrogen-bond acceptors (Lipinski definition) is 6. The van der Waals surface area contributed by atoms with Crippen molar-refractivity contribution in [2.75, 3.05) is 47.4 Å². The maximum Gasteiger partial charge on any atom is 0.248 e. The first-order chi connectivity index (χ1) is 22.1. The van der Waals surface area contributed by atoms with E-state index >= 15 is 0 Å². The highest BCUT2D eigenvalue weighted by Gasteiger charge is 2.63. The number of primary amides is 1. The molecule has 10 heteroatoms. The van der Waals surface area contributed by atoms with Crippen LogP contribution in [0.3, 0.4) is 0 Å². The standard InChI is InChI=1S/C34H40N4O4.C2H7NS/c1-21(39)36-13-6-14-37(16-15-36)33(41)34-19-28(34)27-18-24(42-2)10-12-25(27)31-30(22-7-4-3-5-8-22)26-11-9-23(32(35)40)17-29(26)38(31)20-34;1-3(2)4/h9-12,17-18,22,28H,3-8,13-16,19-20H2,1-2H3,(H2,35,40);4H,1-2H3. The average Bonchev–Trinajstić information content (AvgIpc) is 3.76. The van der Waals surface area contributed by atoms with Crippen LogP contribution >= 0.6 is 12.8 Å². The van der Waals surface area contributed by atoms with Gasteiger partial charge in [-0.3, -0.25) is 18.7 Å². The number of thiol groups is 1. The Morgan fingerprint density at radius 3 is 2.33 bits per heavy atom. The van der Waals surface area contributed by atoms with Crippen molar-refractivity contribution in [3.8, 4) is 17.0 Å². The fourth-order valence-corrected chi connectivity index (χ4v) is 8.18. The number of rotatable bonds is 4. The van der Waals surface area contributed by atoms with E-state index < -0.39 is 11.3 Å². The van der Waals surface area contributed by atoms with Gasteiger partial charge in [0, 0.05) is 67.6 Å². The molecule has 2 atom stereocenters. The van der Waals surface area contributed by atoms with Crippen LogP contribution in [-0.4, -0.2) is 83.8 Å². The van der Waals surface area contributed by atoms with Gasteiger partial charge in [-0.25, -0.2) is 0 Å². The lowest BCUT2D eigenvalue weighted by Gasteiger charge is -2.27. The molecule has 3 aromatic rings. The van der Waals surface area contributed by atoms with Crippen LogP contribution in [0.1, 0.15) is 85.2 Å². The van der Waals surface area contributed by atoms with E-state index in [1.807, 2.05) is 42.1 Å². The summed E-state index contributed by atoms with van der Waals surface area (Å²) in [5, 5.41) is 1.16. The van der Waals surface area contributed by atoms with Crippen LogP contribution in [0.5, 0.6) is 5.75 Å². The molecule has 2 N–H and O–H groups in total. The largest absolute Gasteiger partial charge is 0.497 e. The van der Waals surface area contributed by atoms with Crippen LogP contribution in [0.25, 0.3) is 22.2 Å². The van der Waals surface area contributed by atoms with E-state index in [0.29, 0.717) is 44.2 Å². The second-order valence-electron chi connectivity index (χ2n) is 13.6. The van der Waals surface area contributed by atoms with Crippen LogP contribution in [0.2, 0.25) is 0 Å². The summed E-state index contributed by atoms with van der Waals surface area (Å²) in [7, 11) is 5.42. The molecular formula is C36H47N5O4S. The van der Waals surface area contributed by atoms with Crippen LogP contribution in [0, 0.1) is 5.41 Å².